The molecule has 0 aromatic heterocycles. The maximum Gasteiger partial charge on any atom is 0.316 e. The molecular formula is C27H25N3O7. The van der Waals surface area contributed by atoms with Crippen LogP contribution in [0, 0.1) is 40.7 Å². The number of carbonyl (C=O) groups excluding carboxylic acids is 4. The molecule has 2 heterocycles. The maximum absolute atomic E-state index is 13.1. The SMILES string of the molecule is Cc1ccc(N2C[C@H](C(=O)Oc3cccc(N4C(=O)[C@H]5[C@@H](C)C=CC[C@H]5C4=O)c3)CC2=O)cc1[N+](=O)[O-]. The molecular weight excluding hydrogens is 478 g/mol. The molecule has 0 unspecified atom stereocenters. The van der Waals surface area contributed by atoms with Gasteiger partial charge in [0.15, 0.2) is 0 Å². The first kappa shape index (κ1) is 24.4. The van der Waals surface area contributed by atoms with Crippen LogP contribution in [0.4, 0.5) is 17.1 Å². The zero-order chi connectivity index (χ0) is 26.4. The number of carbonyl (C=O) groups is 4. The van der Waals surface area contributed by atoms with E-state index in [1.165, 1.54) is 21.9 Å². The topological polar surface area (TPSA) is 127 Å². The molecule has 2 fully saturated rings. The third kappa shape index (κ3) is 4.28. The highest BCUT2D eigenvalue weighted by atomic mass is 16.6. The molecule has 2 saturated heterocycles. The average molecular weight is 504 g/mol. The summed E-state index contributed by atoms with van der Waals surface area (Å²) >= 11 is 0. The number of aryl methyl sites for hydroxylation is 1. The lowest BCUT2D eigenvalue weighted by Crippen LogP contribution is -2.31. The quantitative estimate of drug-likeness (QED) is 0.152. The molecule has 0 spiro atoms. The largest absolute Gasteiger partial charge is 0.426 e. The van der Waals surface area contributed by atoms with Gasteiger partial charge in [-0.05, 0) is 37.5 Å². The number of amides is 3. The van der Waals surface area contributed by atoms with Gasteiger partial charge in [0, 0.05) is 30.7 Å². The van der Waals surface area contributed by atoms with Crippen molar-refractivity contribution in [1.82, 2.24) is 0 Å². The fourth-order valence-corrected chi connectivity index (χ4v) is 5.36. The monoisotopic (exact) mass is 503 g/mol. The third-order valence-corrected chi connectivity index (χ3v) is 7.33. The Balaban J connectivity index is 1.30. The highest BCUT2D eigenvalue weighted by Gasteiger charge is 2.50. The number of esters is 1. The number of hydrogen-bond acceptors (Lipinski definition) is 7. The number of rotatable bonds is 5. The van der Waals surface area contributed by atoms with E-state index in [9.17, 15) is 29.3 Å². The molecule has 4 atom stereocenters. The number of nitrogens with zero attached hydrogens (tertiary/aromatic N) is 3. The molecule has 3 aliphatic rings. The Hall–Kier alpha value is -4.34. The van der Waals surface area contributed by atoms with Gasteiger partial charge in [0.05, 0.1) is 34.1 Å². The summed E-state index contributed by atoms with van der Waals surface area (Å²) in [5.74, 6) is -2.98. The van der Waals surface area contributed by atoms with Gasteiger partial charge >= 0.3 is 5.97 Å². The van der Waals surface area contributed by atoms with Crippen molar-refractivity contribution in [3.05, 3.63) is 70.3 Å². The number of anilines is 2. The van der Waals surface area contributed by atoms with Gasteiger partial charge in [-0.3, -0.25) is 29.3 Å². The molecule has 0 saturated carbocycles. The van der Waals surface area contributed by atoms with E-state index in [1.54, 1.807) is 37.3 Å². The van der Waals surface area contributed by atoms with Crippen molar-refractivity contribution in [1.29, 1.82) is 0 Å². The third-order valence-electron chi connectivity index (χ3n) is 7.33. The smallest absolute Gasteiger partial charge is 0.316 e. The molecule has 0 radical (unpaired) electrons. The van der Waals surface area contributed by atoms with E-state index in [2.05, 4.69) is 0 Å². The Labute approximate surface area is 212 Å². The highest BCUT2D eigenvalue weighted by molar-refractivity contribution is 6.22. The zero-order valence-corrected chi connectivity index (χ0v) is 20.3. The molecule has 0 N–H and O–H groups in total. The molecule has 2 aromatic carbocycles. The van der Waals surface area contributed by atoms with Crippen LogP contribution in [0.25, 0.3) is 0 Å². The molecule has 37 heavy (non-hydrogen) atoms. The van der Waals surface area contributed by atoms with Crippen LogP contribution in [0.2, 0.25) is 0 Å². The van der Waals surface area contributed by atoms with Gasteiger partial charge in [0.2, 0.25) is 17.7 Å². The predicted molar refractivity (Wildman–Crippen MR) is 133 cm³/mol. The number of benzene rings is 2. The molecule has 3 amide bonds. The van der Waals surface area contributed by atoms with Crippen molar-refractivity contribution in [3.63, 3.8) is 0 Å². The van der Waals surface area contributed by atoms with Crippen LogP contribution in [0.5, 0.6) is 5.75 Å². The summed E-state index contributed by atoms with van der Waals surface area (Å²) in [6, 6.07) is 10.7. The summed E-state index contributed by atoms with van der Waals surface area (Å²) in [4.78, 5) is 64.9. The maximum atomic E-state index is 13.1. The van der Waals surface area contributed by atoms with E-state index in [0.717, 1.165) is 0 Å². The molecule has 10 nitrogen and oxygen atoms in total. The first-order chi connectivity index (χ1) is 17.7. The van der Waals surface area contributed by atoms with Crippen LogP contribution in [-0.2, 0) is 19.2 Å². The average Bonchev–Trinajstić information content (AvgIpc) is 3.37. The van der Waals surface area contributed by atoms with Gasteiger partial charge in [-0.15, -0.1) is 0 Å². The van der Waals surface area contributed by atoms with E-state index in [-0.39, 0.29) is 48.0 Å². The van der Waals surface area contributed by atoms with Crippen molar-refractivity contribution in [2.75, 3.05) is 16.3 Å². The second kappa shape index (κ2) is 9.27. The lowest BCUT2D eigenvalue weighted by Gasteiger charge is -2.22. The molecule has 10 heteroatoms. The van der Waals surface area contributed by atoms with Gasteiger partial charge in [-0.1, -0.05) is 31.2 Å². The summed E-state index contributed by atoms with van der Waals surface area (Å²) < 4.78 is 5.53. The van der Waals surface area contributed by atoms with Crippen LogP contribution in [0.15, 0.2) is 54.6 Å². The Kier molecular flexibility index (Phi) is 6.10. The minimum atomic E-state index is -0.777. The van der Waals surface area contributed by atoms with Crippen molar-refractivity contribution >= 4 is 40.8 Å². The van der Waals surface area contributed by atoms with Crippen LogP contribution >= 0.6 is 0 Å². The van der Waals surface area contributed by atoms with Gasteiger partial charge in [0.1, 0.15) is 5.75 Å². The normalized spacial score (nSPS) is 25.0. The Bertz CT molecular complexity index is 1370. The highest BCUT2D eigenvalue weighted by Crippen LogP contribution is 2.41. The van der Waals surface area contributed by atoms with E-state index in [1.807, 2.05) is 19.1 Å². The van der Waals surface area contributed by atoms with Crippen molar-refractivity contribution in [3.8, 4) is 5.75 Å². The number of hydrogen-bond donors (Lipinski definition) is 0. The van der Waals surface area contributed by atoms with Crippen molar-refractivity contribution in [2.45, 2.75) is 26.7 Å². The van der Waals surface area contributed by atoms with Crippen LogP contribution in [0.1, 0.15) is 25.3 Å². The summed E-state index contributed by atoms with van der Waals surface area (Å²) in [6.45, 7) is 3.55. The van der Waals surface area contributed by atoms with Crippen molar-refractivity contribution < 1.29 is 28.8 Å². The fraction of sp³-hybridized carbons (Fsp3) is 0.333. The van der Waals surface area contributed by atoms with Gasteiger partial charge < -0.3 is 9.64 Å². The lowest BCUT2D eigenvalue weighted by atomic mass is 9.78. The number of fused-ring (bicyclic) bond motifs is 1. The molecule has 190 valence electrons. The lowest BCUT2D eigenvalue weighted by molar-refractivity contribution is -0.385. The Morgan fingerprint density at radius 1 is 1.08 bits per heavy atom. The summed E-state index contributed by atoms with van der Waals surface area (Å²) in [7, 11) is 0. The minimum Gasteiger partial charge on any atom is -0.426 e. The molecule has 5 rings (SSSR count). The number of ether oxygens (including phenoxy) is 1. The summed E-state index contributed by atoms with van der Waals surface area (Å²) in [6.07, 6.45) is 4.30. The number of nitro groups is 1. The predicted octanol–water partition coefficient (Wildman–Crippen LogP) is 3.56. The fourth-order valence-electron chi connectivity index (χ4n) is 5.36. The zero-order valence-electron chi connectivity index (χ0n) is 20.3. The molecule has 2 aromatic rings. The van der Waals surface area contributed by atoms with Gasteiger partial charge in [-0.25, -0.2) is 4.90 Å². The van der Waals surface area contributed by atoms with Crippen LogP contribution in [0.3, 0.4) is 0 Å². The van der Waals surface area contributed by atoms with E-state index in [4.69, 9.17) is 4.74 Å². The second-order valence-electron chi connectivity index (χ2n) is 9.72. The number of nitro benzene ring substituents is 1. The number of imide groups is 1. The first-order valence-corrected chi connectivity index (χ1v) is 12.1. The van der Waals surface area contributed by atoms with Gasteiger partial charge in [0.25, 0.3) is 5.69 Å². The second-order valence-corrected chi connectivity index (χ2v) is 9.72. The first-order valence-electron chi connectivity index (χ1n) is 12.1. The van der Waals surface area contributed by atoms with E-state index in [0.29, 0.717) is 23.4 Å². The number of allylic oxidation sites excluding steroid dienone is 2. The van der Waals surface area contributed by atoms with E-state index >= 15 is 0 Å². The Morgan fingerprint density at radius 3 is 2.59 bits per heavy atom. The minimum absolute atomic E-state index is 0.0227. The van der Waals surface area contributed by atoms with Crippen LogP contribution < -0.4 is 14.5 Å². The molecule has 0 bridgehead atoms. The summed E-state index contributed by atoms with van der Waals surface area (Å²) in [5.41, 5.74) is 1.04. The van der Waals surface area contributed by atoms with Crippen LogP contribution in [-0.4, -0.2) is 35.2 Å². The van der Waals surface area contributed by atoms with E-state index < -0.39 is 28.6 Å². The standard InChI is InChI=1S/C27H25N3O7/c1-15-9-10-18(13-22(15)30(35)36)28-14-17(11-23(28)31)27(34)37-20-7-4-6-19(12-20)29-25(32)21-8-3-5-16(2)24(21)26(29)33/h3-7,9-10,12-13,16-17,21,24H,8,11,14H2,1-2H3/t16-,17+,21+,24-/m0/s1. The Morgan fingerprint density at radius 2 is 1.86 bits per heavy atom. The molecule has 1 aliphatic carbocycles. The summed E-state index contributed by atoms with van der Waals surface area (Å²) in [5, 5.41) is 11.3. The van der Waals surface area contributed by atoms with Crippen molar-refractivity contribution in [2.24, 2.45) is 23.7 Å². The molecule has 2 aliphatic heterocycles. The van der Waals surface area contributed by atoms with Gasteiger partial charge in [-0.2, -0.15) is 0 Å².